The number of aromatic amines is 1. The van der Waals surface area contributed by atoms with Crippen LogP contribution < -0.4 is 10.2 Å². The number of carbonyl (C=O) groups excluding carboxylic acids is 2. The molecule has 0 aliphatic rings. The first-order chi connectivity index (χ1) is 13.1. The summed E-state index contributed by atoms with van der Waals surface area (Å²) in [5, 5.41) is 13.2. The molecule has 0 fully saturated rings. The average Bonchev–Trinajstić information content (AvgIpc) is 3.09. The van der Waals surface area contributed by atoms with Crippen molar-refractivity contribution < 1.29 is 9.59 Å². The molecule has 3 rings (SSSR count). The molecule has 136 valence electrons. The number of H-pyrrole nitrogens is 1. The predicted molar refractivity (Wildman–Crippen MR) is 104 cm³/mol. The maximum atomic E-state index is 12.3. The smallest absolute Gasteiger partial charge is 0.240 e. The summed E-state index contributed by atoms with van der Waals surface area (Å²) in [6.45, 7) is 1.72. The number of rotatable bonds is 6. The zero-order valence-corrected chi connectivity index (χ0v) is 15.0. The first-order valence-corrected chi connectivity index (χ1v) is 8.69. The van der Waals surface area contributed by atoms with E-state index in [0.29, 0.717) is 24.2 Å². The highest BCUT2D eigenvalue weighted by Gasteiger charge is 2.18. The summed E-state index contributed by atoms with van der Waals surface area (Å²) in [5.74, 6) is -0.553. The molecular formula is C21H20N4O2. The lowest BCUT2D eigenvalue weighted by molar-refractivity contribution is -0.123. The van der Waals surface area contributed by atoms with Gasteiger partial charge in [-0.05, 0) is 30.2 Å². The van der Waals surface area contributed by atoms with Crippen LogP contribution in [0.25, 0.3) is 10.9 Å². The molecule has 0 unspecified atom stereocenters. The summed E-state index contributed by atoms with van der Waals surface area (Å²) >= 11 is 0. The zero-order valence-electron chi connectivity index (χ0n) is 15.0. The van der Waals surface area contributed by atoms with Gasteiger partial charge in [0.2, 0.25) is 11.8 Å². The van der Waals surface area contributed by atoms with Gasteiger partial charge < -0.3 is 15.2 Å². The summed E-state index contributed by atoms with van der Waals surface area (Å²) in [5.41, 5.74) is 3.00. The lowest BCUT2D eigenvalue weighted by Gasteiger charge is -2.21. The molecule has 0 atom stereocenters. The van der Waals surface area contributed by atoms with Crippen LogP contribution in [0.15, 0.2) is 54.7 Å². The predicted octanol–water partition coefficient (Wildman–Crippen LogP) is 2.75. The highest BCUT2D eigenvalue weighted by Crippen LogP contribution is 2.20. The van der Waals surface area contributed by atoms with Crippen molar-refractivity contribution in [1.29, 1.82) is 5.26 Å². The molecule has 1 aromatic heterocycles. The standard InChI is InChI=1S/C21H20N4O2/c1-15(26)25(20-9-5-2-6-16(20)12-22)14-21(27)23-11-10-17-13-24-19-8-4-3-7-18(17)19/h2-9,13,24H,10-11,14H2,1H3,(H,23,27). The molecule has 27 heavy (non-hydrogen) atoms. The van der Waals surface area contributed by atoms with Gasteiger partial charge >= 0.3 is 0 Å². The van der Waals surface area contributed by atoms with Crippen LogP contribution in [0.1, 0.15) is 18.1 Å². The number of nitrogens with zero attached hydrogens (tertiary/aromatic N) is 2. The van der Waals surface area contributed by atoms with Crippen molar-refractivity contribution in [3.63, 3.8) is 0 Å². The molecule has 0 spiro atoms. The van der Waals surface area contributed by atoms with Gasteiger partial charge in [0, 0.05) is 30.6 Å². The molecular weight excluding hydrogens is 340 g/mol. The van der Waals surface area contributed by atoms with Gasteiger partial charge in [0.1, 0.15) is 12.6 Å². The summed E-state index contributed by atoms with van der Waals surface area (Å²) in [6, 6.07) is 16.8. The second kappa shape index (κ2) is 8.19. The summed E-state index contributed by atoms with van der Waals surface area (Å²) < 4.78 is 0. The maximum Gasteiger partial charge on any atom is 0.240 e. The number of anilines is 1. The highest BCUT2D eigenvalue weighted by atomic mass is 16.2. The molecule has 2 amide bonds. The molecule has 1 heterocycles. The molecule has 0 saturated carbocycles. The SMILES string of the molecule is CC(=O)N(CC(=O)NCCc1c[nH]c2ccccc12)c1ccccc1C#N. The number of fused-ring (bicyclic) bond motifs is 1. The summed E-state index contributed by atoms with van der Waals surface area (Å²) in [4.78, 5) is 28.8. The number of amides is 2. The van der Waals surface area contributed by atoms with E-state index in [1.165, 1.54) is 11.8 Å². The molecule has 0 aliphatic carbocycles. The van der Waals surface area contributed by atoms with Gasteiger partial charge in [-0.15, -0.1) is 0 Å². The minimum absolute atomic E-state index is 0.123. The van der Waals surface area contributed by atoms with E-state index in [-0.39, 0.29) is 18.4 Å². The average molecular weight is 360 g/mol. The number of hydrogen-bond donors (Lipinski definition) is 2. The van der Waals surface area contributed by atoms with E-state index in [9.17, 15) is 14.9 Å². The molecule has 0 bridgehead atoms. The van der Waals surface area contributed by atoms with E-state index in [4.69, 9.17) is 0 Å². The van der Waals surface area contributed by atoms with Crippen LogP contribution in [0, 0.1) is 11.3 Å². The van der Waals surface area contributed by atoms with Crippen LogP contribution in [0.4, 0.5) is 5.69 Å². The van der Waals surface area contributed by atoms with Crippen molar-refractivity contribution in [1.82, 2.24) is 10.3 Å². The molecule has 2 aromatic carbocycles. The number of nitrogens with one attached hydrogen (secondary N) is 2. The number of carbonyl (C=O) groups is 2. The fraction of sp³-hybridized carbons (Fsp3) is 0.190. The third kappa shape index (κ3) is 4.15. The van der Waals surface area contributed by atoms with Gasteiger partial charge in [-0.2, -0.15) is 5.26 Å². The van der Waals surface area contributed by atoms with Crippen molar-refractivity contribution >= 4 is 28.4 Å². The van der Waals surface area contributed by atoms with E-state index < -0.39 is 0 Å². The largest absolute Gasteiger partial charge is 0.361 e. The Balaban J connectivity index is 1.62. The normalized spacial score (nSPS) is 10.4. The van der Waals surface area contributed by atoms with E-state index in [2.05, 4.69) is 16.4 Å². The van der Waals surface area contributed by atoms with Gasteiger partial charge in [0.15, 0.2) is 0 Å². The summed E-state index contributed by atoms with van der Waals surface area (Å²) in [6.07, 6.45) is 2.63. The Kier molecular flexibility index (Phi) is 5.53. The number of hydrogen-bond acceptors (Lipinski definition) is 3. The van der Waals surface area contributed by atoms with E-state index in [0.717, 1.165) is 16.5 Å². The second-order valence-electron chi connectivity index (χ2n) is 6.19. The number of benzene rings is 2. The van der Waals surface area contributed by atoms with Crippen molar-refractivity contribution in [2.45, 2.75) is 13.3 Å². The molecule has 0 radical (unpaired) electrons. The van der Waals surface area contributed by atoms with Crippen LogP contribution in [0.2, 0.25) is 0 Å². The first kappa shape index (κ1) is 18.2. The van der Waals surface area contributed by atoms with Crippen molar-refractivity contribution in [2.75, 3.05) is 18.0 Å². The minimum Gasteiger partial charge on any atom is -0.361 e. The van der Waals surface area contributed by atoms with E-state index >= 15 is 0 Å². The highest BCUT2D eigenvalue weighted by molar-refractivity contribution is 5.98. The fourth-order valence-electron chi connectivity index (χ4n) is 3.04. The number of aromatic nitrogens is 1. The fourth-order valence-corrected chi connectivity index (χ4v) is 3.04. The van der Waals surface area contributed by atoms with Crippen LogP contribution in [0.3, 0.4) is 0 Å². The third-order valence-corrected chi connectivity index (χ3v) is 4.39. The van der Waals surface area contributed by atoms with E-state index in [1.54, 1.807) is 24.3 Å². The maximum absolute atomic E-state index is 12.3. The Morgan fingerprint density at radius 2 is 1.89 bits per heavy atom. The molecule has 3 aromatic rings. The molecule has 6 heteroatoms. The molecule has 2 N–H and O–H groups in total. The second-order valence-corrected chi connectivity index (χ2v) is 6.19. The third-order valence-electron chi connectivity index (χ3n) is 4.39. The Hall–Kier alpha value is -3.59. The summed E-state index contributed by atoms with van der Waals surface area (Å²) in [7, 11) is 0. The Morgan fingerprint density at radius 3 is 2.67 bits per heavy atom. The lowest BCUT2D eigenvalue weighted by Crippen LogP contribution is -2.40. The van der Waals surface area contributed by atoms with Crippen LogP contribution in [-0.2, 0) is 16.0 Å². The lowest BCUT2D eigenvalue weighted by atomic mass is 10.1. The van der Waals surface area contributed by atoms with Gasteiger partial charge in [-0.3, -0.25) is 9.59 Å². The first-order valence-electron chi connectivity index (χ1n) is 8.69. The van der Waals surface area contributed by atoms with E-state index in [1.807, 2.05) is 30.5 Å². The van der Waals surface area contributed by atoms with Crippen molar-refractivity contribution in [3.8, 4) is 6.07 Å². The molecule has 6 nitrogen and oxygen atoms in total. The Morgan fingerprint density at radius 1 is 1.15 bits per heavy atom. The topological polar surface area (TPSA) is 89.0 Å². The quantitative estimate of drug-likeness (QED) is 0.708. The Labute approximate surface area is 157 Å². The van der Waals surface area contributed by atoms with Crippen LogP contribution >= 0.6 is 0 Å². The van der Waals surface area contributed by atoms with Gasteiger partial charge in [-0.1, -0.05) is 30.3 Å². The molecule has 0 aliphatic heterocycles. The van der Waals surface area contributed by atoms with Gasteiger partial charge in [-0.25, -0.2) is 0 Å². The monoisotopic (exact) mass is 360 g/mol. The van der Waals surface area contributed by atoms with Gasteiger partial charge in [0.05, 0.1) is 11.3 Å². The number of nitriles is 1. The van der Waals surface area contributed by atoms with Crippen LogP contribution in [0.5, 0.6) is 0 Å². The van der Waals surface area contributed by atoms with Crippen LogP contribution in [-0.4, -0.2) is 29.9 Å². The zero-order chi connectivity index (χ0) is 19.2. The number of para-hydroxylation sites is 2. The van der Waals surface area contributed by atoms with Crippen molar-refractivity contribution in [3.05, 3.63) is 65.9 Å². The van der Waals surface area contributed by atoms with Crippen molar-refractivity contribution in [2.24, 2.45) is 0 Å². The minimum atomic E-state index is -0.288. The van der Waals surface area contributed by atoms with Gasteiger partial charge in [0.25, 0.3) is 0 Å². The molecule has 0 saturated heterocycles. The Bertz CT molecular complexity index is 1020.